The molecule has 31 heavy (non-hydrogen) atoms. The number of aliphatic imine (C=N–C) groups is 1. The SMILES string of the molecule is COCc1ccccc1C1=CC=CC2N=C(Nc3ccc4c(c3)CCNCC4)N(C)N12. The van der Waals surface area contributed by atoms with E-state index in [1.165, 1.54) is 22.3 Å². The summed E-state index contributed by atoms with van der Waals surface area (Å²) in [5, 5.41) is 11.4. The lowest BCUT2D eigenvalue weighted by molar-refractivity contribution is 0.147. The number of guanidine groups is 1. The summed E-state index contributed by atoms with van der Waals surface area (Å²) in [6.07, 6.45) is 8.45. The third-order valence-electron chi connectivity index (χ3n) is 6.12. The molecule has 0 amide bonds. The van der Waals surface area contributed by atoms with Crippen LogP contribution in [0.5, 0.6) is 0 Å². The van der Waals surface area contributed by atoms with Gasteiger partial charge >= 0.3 is 0 Å². The fraction of sp³-hybridized carbons (Fsp3) is 0.320. The molecule has 0 aliphatic carbocycles. The minimum atomic E-state index is -0.0619. The average molecular weight is 416 g/mol. The molecule has 2 N–H and O–H groups in total. The summed E-state index contributed by atoms with van der Waals surface area (Å²) >= 11 is 0. The number of methoxy groups -OCH3 is 1. The van der Waals surface area contributed by atoms with Gasteiger partial charge in [0.05, 0.1) is 12.3 Å². The van der Waals surface area contributed by atoms with Crippen LogP contribution in [0.25, 0.3) is 5.70 Å². The van der Waals surface area contributed by atoms with Crippen molar-refractivity contribution in [2.24, 2.45) is 4.99 Å². The van der Waals surface area contributed by atoms with E-state index in [-0.39, 0.29) is 6.17 Å². The highest BCUT2D eigenvalue weighted by molar-refractivity contribution is 5.95. The maximum absolute atomic E-state index is 5.43. The number of rotatable bonds is 4. The Bertz CT molecular complexity index is 1060. The second-order valence-corrected chi connectivity index (χ2v) is 8.12. The van der Waals surface area contributed by atoms with Gasteiger partial charge in [0.25, 0.3) is 0 Å². The van der Waals surface area contributed by atoms with Crippen LogP contribution in [0.3, 0.4) is 0 Å². The van der Waals surface area contributed by atoms with E-state index in [4.69, 9.17) is 9.73 Å². The Kier molecular flexibility index (Phi) is 5.49. The second kappa shape index (κ2) is 8.57. The summed E-state index contributed by atoms with van der Waals surface area (Å²) in [6, 6.07) is 15.1. The Balaban J connectivity index is 1.40. The van der Waals surface area contributed by atoms with E-state index < -0.39 is 0 Å². The van der Waals surface area contributed by atoms with E-state index in [0.29, 0.717) is 6.61 Å². The fourth-order valence-electron chi connectivity index (χ4n) is 4.55. The highest BCUT2D eigenvalue weighted by atomic mass is 16.5. The van der Waals surface area contributed by atoms with Gasteiger partial charge in [-0.2, -0.15) is 0 Å². The Morgan fingerprint density at radius 2 is 1.97 bits per heavy atom. The fourth-order valence-corrected chi connectivity index (χ4v) is 4.55. The molecule has 0 saturated carbocycles. The Morgan fingerprint density at radius 3 is 2.84 bits per heavy atom. The van der Waals surface area contributed by atoms with Crippen molar-refractivity contribution in [1.82, 2.24) is 15.3 Å². The lowest BCUT2D eigenvalue weighted by atomic mass is 10.0. The second-order valence-electron chi connectivity index (χ2n) is 8.12. The third kappa shape index (κ3) is 3.84. The highest BCUT2D eigenvalue weighted by Gasteiger charge is 2.34. The van der Waals surface area contributed by atoms with E-state index in [0.717, 1.165) is 43.3 Å². The first-order valence-electron chi connectivity index (χ1n) is 10.9. The van der Waals surface area contributed by atoms with E-state index in [2.05, 4.69) is 88.4 Å². The van der Waals surface area contributed by atoms with Gasteiger partial charge in [-0.25, -0.2) is 4.99 Å². The minimum Gasteiger partial charge on any atom is -0.380 e. The Labute approximate surface area is 183 Å². The maximum atomic E-state index is 5.43. The predicted molar refractivity (Wildman–Crippen MR) is 125 cm³/mol. The summed E-state index contributed by atoms with van der Waals surface area (Å²) in [7, 11) is 3.80. The molecule has 0 fully saturated rings. The third-order valence-corrected chi connectivity index (χ3v) is 6.12. The molecule has 5 rings (SSSR count). The molecule has 1 atom stereocenters. The zero-order valence-corrected chi connectivity index (χ0v) is 18.1. The molecule has 1 unspecified atom stereocenters. The summed E-state index contributed by atoms with van der Waals surface area (Å²) in [5.41, 5.74) is 7.40. The van der Waals surface area contributed by atoms with Gasteiger partial charge in [0.2, 0.25) is 5.96 Å². The van der Waals surface area contributed by atoms with Gasteiger partial charge in [0.1, 0.15) is 0 Å². The van der Waals surface area contributed by atoms with Gasteiger partial charge in [-0.15, -0.1) is 0 Å². The van der Waals surface area contributed by atoms with Crippen LogP contribution in [-0.4, -0.2) is 49.4 Å². The van der Waals surface area contributed by atoms with E-state index in [1.807, 2.05) is 0 Å². The standard InChI is InChI=1S/C25H29N5O/c1-29-25(27-21-11-10-18-12-14-26-15-13-19(18)16-21)28-24-9-5-8-23(30(24)29)22-7-4-3-6-20(22)17-31-2/h3-11,16,24,26H,12-15,17H2,1-2H3,(H,27,28). The van der Waals surface area contributed by atoms with Gasteiger partial charge < -0.3 is 15.4 Å². The summed E-state index contributed by atoms with van der Waals surface area (Å²) in [4.78, 5) is 4.95. The number of allylic oxidation sites excluding steroid dienone is 2. The van der Waals surface area contributed by atoms with Crippen molar-refractivity contribution >= 4 is 17.3 Å². The number of fused-ring (bicyclic) bond motifs is 2. The van der Waals surface area contributed by atoms with Crippen LogP contribution >= 0.6 is 0 Å². The number of ether oxygens (including phenoxy) is 1. The first-order valence-corrected chi connectivity index (χ1v) is 10.9. The minimum absolute atomic E-state index is 0.0619. The number of nitrogens with zero attached hydrogens (tertiary/aromatic N) is 3. The van der Waals surface area contributed by atoms with Crippen LogP contribution in [0.1, 0.15) is 22.3 Å². The highest BCUT2D eigenvalue weighted by Crippen LogP contribution is 2.33. The van der Waals surface area contributed by atoms with Crippen molar-refractivity contribution in [2.45, 2.75) is 25.6 Å². The van der Waals surface area contributed by atoms with Crippen molar-refractivity contribution < 1.29 is 4.74 Å². The molecule has 6 nitrogen and oxygen atoms in total. The largest absolute Gasteiger partial charge is 0.380 e. The van der Waals surface area contributed by atoms with Crippen LogP contribution in [-0.2, 0) is 24.2 Å². The molecule has 0 aromatic heterocycles. The molecule has 3 aliphatic heterocycles. The monoisotopic (exact) mass is 415 g/mol. The van der Waals surface area contributed by atoms with Crippen molar-refractivity contribution in [1.29, 1.82) is 0 Å². The Morgan fingerprint density at radius 1 is 1.13 bits per heavy atom. The molecule has 2 aromatic carbocycles. The molecular weight excluding hydrogens is 386 g/mol. The molecule has 160 valence electrons. The zero-order valence-electron chi connectivity index (χ0n) is 18.1. The molecule has 2 aromatic rings. The number of hydrazine groups is 1. The normalized spacial score (nSPS) is 20.0. The summed E-state index contributed by atoms with van der Waals surface area (Å²) in [6.45, 7) is 2.67. The van der Waals surface area contributed by atoms with Gasteiger partial charge in [0, 0.05) is 25.4 Å². The van der Waals surface area contributed by atoms with Crippen LogP contribution in [0.2, 0.25) is 0 Å². The number of anilines is 1. The zero-order chi connectivity index (χ0) is 21.2. The number of hydrogen-bond donors (Lipinski definition) is 2. The molecule has 3 heterocycles. The topological polar surface area (TPSA) is 52.1 Å². The van der Waals surface area contributed by atoms with Crippen molar-refractivity contribution in [3.63, 3.8) is 0 Å². The Hall–Kier alpha value is -3.09. The van der Waals surface area contributed by atoms with E-state index in [9.17, 15) is 0 Å². The lowest BCUT2D eigenvalue weighted by Crippen LogP contribution is -2.43. The lowest BCUT2D eigenvalue weighted by Gasteiger charge is -2.35. The van der Waals surface area contributed by atoms with E-state index in [1.54, 1.807) is 7.11 Å². The van der Waals surface area contributed by atoms with Crippen molar-refractivity contribution in [2.75, 3.05) is 32.6 Å². The summed E-state index contributed by atoms with van der Waals surface area (Å²) in [5.74, 6) is 0.846. The average Bonchev–Trinajstić information content (AvgIpc) is 2.96. The van der Waals surface area contributed by atoms with Gasteiger partial charge in [-0.3, -0.25) is 10.0 Å². The van der Waals surface area contributed by atoms with Crippen LogP contribution in [0, 0.1) is 0 Å². The number of nitrogens with one attached hydrogen (secondary N) is 2. The van der Waals surface area contributed by atoms with Crippen molar-refractivity contribution in [3.05, 3.63) is 82.9 Å². The van der Waals surface area contributed by atoms with Gasteiger partial charge in [0.15, 0.2) is 6.17 Å². The van der Waals surface area contributed by atoms with Gasteiger partial charge in [-0.05, 0) is 66.9 Å². The van der Waals surface area contributed by atoms with Crippen LogP contribution in [0.15, 0.2) is 65.7 Å². The van der Waals surface area contributed by atoms with E-state index >= 15 is 0 Å². The first-order chi connectivity index (χ1) is 15.2. The number of hydrogen-bond acceptors (Lipinski definition) is 6. The van der Waals surface area contributed by atoms with Crippen LogP contribution in [0.4, 0.5) is 5.69 Å². The molecule has 0 saturated heterocycles. The molecule has 0 radical (unpaired) electrons. The predicted octanol–water partition coefficient (Wildman–Crippen LogP) is 3.39. The number of benzene rings is 2. The quantitative estimate of drug-likeness (QED) is 0.802. The smallest absolute Gasteiger partial charge is 0.220 e. The molecule has 3 aliphatic rings. The maximum Gasteiger partial charge on any atom is 0.220 e. The summed E-state index contributed by atoms with van der Waals surface area (Å²) < 4.78 is 5.43. The first kappa shape index (κ1) is 19.8. The molecule has 6 heteroatoms. The van der Waals surface area contributed by atoms with Crippen molar-refractivity contribution in [3.8, 4) is 0 Å². The molecule has 0 bridgehead atoms. The van der Waals surface area contributed by atoms with Crippen LogP contribution < -0.4 is 10.6 Å². The van der Waals surface area contributed by atoms with Gasteiger partial charge in [-0.1, -0.05) is 36.4 Å². The molecular formula is C25H29N5O. The molecule has 0 spiro atoms.